The van der Waals surface area contributed by atoms with Crippen LogP contribution < -0.4 is 10.6 Å². The standard InChI is InChI=1S/C15H24N4S/c1-11-5-4-6-13(18-11)10-17-15(16-2)19-12-7-8-14(9-12)20-3/h4-6,12,14H,7-10H2,1-3H3,(H2,16,17,19). The molecule has 0 bridgehead atoms. The number of rotatable bonds is 4. The zero-order valence-electron chi connectivity index (χ0n) is 12.5. The number of aliphatic imine (C=N–C) groups is 1. The maximum absolute atomic E-state index is 4.49. The molecule has 1 aliphatic carbocycles. The second kappa shape index (κ2) is 7.53. The number of pyridine rings is 1. The summed E-state index contributed by atoms with van der Waals surface area (Å²) in [4.78, 5) is 8.79. The molecule has 0 spiro atoms. The Labute approximate surface area is 125 Å². The van der Waals surface area contributed by atoms with E-state index < -0.39 is 0 Å². The lowest BCUT2D eigenvalue weighted by molar-refractivity contribution is 0.613. The molecule has 4 nitrogen and oxygen atoms in total. The van der Waals surface area contributed by atoms with Crippen LogP contribution in [-0.4, -0.2) is 35.5 Å². The van der Waals surface area contributed by atoms with Gasteiger partial charge in [-0.2, -0.15) is 11.8 Å². The van der Waals surface area contributed by atoms with E-state index in [1.165, 1.54) is 19.3 Å². The van der Waals surface area contributed by atoms with Crippen LogP contribution in [0.25, 0.3) is 0 Å². The summed E-state index contributed by atoms with van der Waals surface area (Å²) >= 11 is 1.97. The van der Waals surface area contributed by atoms with Gasteiger partial charge in [-0.3, -0.25) is 9.98 Å². The van der Waals surface area contributed by atoms with E-state index in [1.54, 1.807) is 0 Å². The number of guanidine groups is 1. The first-order valence-corrected chi connectivity index (χ1v) is 8.42. The third kappa shape index (κ3) is 4.40. The number of nitrogens with zero attached hydrogens (tertiary/aromatic N) is 2. The van der Waals surface area contributed by atoms with Crippen molar-refractivity contribution >= 4 is 17.7 Å². The molecule has 1 aromatic heterocycles. The summed E-state index contributed by atoms with van der Waals surface area (Å²) in [5.74, 6) is 0.875. The maximum Gasteiger partial charge on any atom is 0.191 e. The van der Waals surface area contributed by atoms with Crippen molar-refractivity contribution < 1.29 is 0 Å². The van der Waals surface area contributed by atoms with E-state index in [-0.39, 0.29) is 0 Å². The van der Waals surface area contributed by atoms with Crippen LogP contribution in [0.1, 0.15) is 30.7 Å². The minimum atomic E-state index is 0.545. The van der Waals surface area contributed by atoms with Crippen molar-refractivity contribution in [1.29, 1.82) is 0 Å². The summed E-state index contributed by atoms with van der Waals surface area (Å²) < 4.78 is 0. The van der Waals surface area contributed by atoms with Crippen LogP contribution in [0.15, 0.2) is 23.2 Å². The molecule has 20 heavy (non-hydrogen) atoms. The number of aromatic nitrogens is 1. The van der Waals surface area contributed by atoms with Crippen molar-refractivity contribution in [3.05, 3.63) is 29.6 Å². The first kappa shape index (κ1) is 15.2. The molecular formula is C15H24N4S. The molecule has 0 aromatic carbocycles. The molecule has 1 aliphatic rings. The summed E-state index contributed by atoms with van der Waals surface area (Å²) in [6.45, 7) is 2.72. The van der Waals surface area contributed by atoms with Crippen LogP contribution in [0.3, 0.4) is 0 Å². The molecule has 1 saturated carbocycles. The van der Waals surface area contributed by atoms with Crippen molar-refractivity contribution in [2.45, 2.75) is 44.0 Å². The molecule has 1 fully saturated rings. The molecule has 5 heteroatoms. The van der Waals surface area contributed by atoms with Crippen molar-refractivity contribution in [2.75, 3.05) is 13.3 Å². The van der Waals surface area contributed by atoms with Crippen molar-refractivity contribution in [1.82, 2.24) is 15.6 Å². The Morgan fingerprint density at radius 1 is 1.45 bits per heavy atom. The van der Waals surface area contributed by atoms with Gasteiger partial charge in [-0.15, -0.1) is 0 Å². The lowest BCUT2D eigenvalue weighted by Crippen LogP contribution is -2.42. The Morgan fingerprint density at radius 3 is 2.95 bits per heavy atom. The monoisotopic (exact) mass is 292 g/mol. The number of thioether (sulfide) groups is 1. The number of hydrogen-bond acceptors (Lipinski definition) is 3. The Kier molecular flexibility index (Phi) is 5.71. The van der Waals surface area contributed by atoms with Crippen LogP contribution >= 0.6 is 11.8 Å². The Morgan fingerprint density at radius 2 is 2.30 bits per heavy atom. The zero-order chi connectivity index (χ0) is 14.4. The first-order valence-electron chi connectivity index (χ1n) is 7.13. The highest BCUT2D eigenvalue weighted by Crippen LogP contribution is 2.27. The summed E-state index contributed by atoms with van der Waals surface area (Å²) in [6, 6.07) is 6.63. The van der Waals surface area contributed by atoms with Crippen molar-refractivity contribution in [2.24, 2.45) is 4.99 Å². The molecule has 1 heterocycles. The van der Waals surface area contributed by atoms with Crippen LogP contribution in [-0.2, 0) is 6.54 Å². The summed E-state index contributed by atoms with van der Waals surface area (Å²) in [7, 11) is 1.82. The van der Waals surface area contributed by atoms with Gasteiger partial charge in [0.2, 0.25) is 0 Å². The molecule has 110 valence electrons. The lowest BCUT2D eigenvalue weighted by Gasteiger charge is -2.17. The van der Waals surface area contributed by atoms with Gasteiger partial charge >= 0.3 is 0 Å². The summed E-state index contributed by atoms with van der Waals surface area (Å²) in [5.41, 5.74) is 2.09. The van der Waals surface area contributed by atoms with Crippen molar-refractivity contribution in [3.63, 3.8) is 0 Å². The first-order chi connectivity index (χ1) is 9.71. The van der Waals surface area contributed by atoms with Gasteiger partial charge in [-0.05, 0) is 44.6 Å². The average Bonchev–Trinajstić information content (AvgIpc) is 2.91. The molecular weight excluding hydrogens is 268 g/mol. The minimum absolute atomic E-state index is 0.545. The fraction of sp³-hybridized carbons (Fsp3) is 0.600. The molecule has 2 unspecified atom stereocenters. The highest BCUT2D eigenvalue weighted by Gasteiger charge is 2.24. The quantitative estimate of drug-likeness (QED) is 0.660. The van der Waals surface area contributed by atoms with Crippen LogP contribution in [0.2, 0.25) is 0 Å². The van der Waals surface area contributed by atoms with Gasteiger partial charge in [0.1, 0.15) is 0 Å². The third-order valence-corrected chi connectivity index (χ3v) is 4.76. The maximum atomic E-state index is 4.49. The molecule has 0 aliphatic heterocycles. The van der Waals surface area contributed by atoms with Gasteiger partial charge in [0.25, 0.3) is 0 Å². The van der Waals surface area contributed by atoms with Crippen molar-refractivity contribution in [3.8, 4) is 0 Å². The largest absolute Gasteiger partial charge is 0.354 e. The second-order valence-electron chi connectivity index (χ2n) is 5.21. The minimum Gasteiger partial charge on any atom is -0.354 e. The second-order valence-corrected chi connectivity index (χ2v) is 6.35. The molecule has 2 atom stereocenters. The number of aryl methyl sites for hydroxylation is 1. The molecule has 0 radical (unpaired) electrons. The van der Waals surface area contributed by atoms with Crippen LogP contribution in [0.5, 0.6) is 0 Å². The number of nitrogens with one attached hydrogen (secondary N) is 2. The van der Waals surface area contributed by atoms with E-state index in [1.807, 2.05) is 43.9 Å². The molecule has 0 saturated heterocycles. The van der Waals surface area contributed by atoms with E-state index in [2.05, 4.69) is 26.9 Å². The predicted octanol–water partition coefficient (Wildman–Crippen LogP) is 2.34. The number of hydrogen-bond donors (Lipinski definition) is 2. The topological polar surface area (TPSA) is 49.3 Å². The predicted molar refractivity (Wildman–Crippen MR) is 87.3 cm³/mol. The molecule has 1 aromatic rings. The van der Waals surface area contributed by atoms with Gasteiger partial charge in [-0.25, -0.2) is 0 Å². The Bertz CT molecular complexity index is 461. The summed E-state index contributed by atoms with van der Waals surface area (Å²) in [5, 5.41) is 7.65. The van der Waals surface area contributed by atoms with E-state index >= 15 is 0 Å². The van der Waals surface area contributed by atoms with E-state index in [4.69, 9.17) is 0 Å². The molecule has 2 rings (SSSR count). The average molecular weight is 292 g/mol. The highest BCUT2D eigenvalue weighted by molar-refractivity contribution is 7.99. The fourth-order valence-electron chi connectivity index (χ4n) is 2.55. The fourth-order valence-corrected chi connectivity index (χ4v) is 3.34. The Hall–Kier alpha value is -1.23. The Balaban J connectivity index is 1.81. The van der Waals surface area contributed by atoms with Crippen LogP contribution in [0.4, 0.5) is 0 Å². The third-order valence-electron chi connectivity index (χ3n) is 3.67. The van der Waals surface area contributed by atoms with Gasteiger partial charge < -0.3 is 10.6 Å². The lowest BCUT2D eigenvalue weighted by atomic mass is 10.2. The van der Waals surface area contributed by atoms with Gasteiger partial charge in [0.05, 0.1) is 12.2 Å². The van der Waals surface area contributed by atoms with Gasteiger partial charge in [0.15, 0.2) is 5.96 Å². The molecule has 0 amide bonds. The van der Waals surface area contributed by atoms with E-state index in [0.717, 1.165) is 22.6 Å². The van der Waals surface area contributed by atoms with E-state index in [0.29, 0.717) is 12.6 Å². The molecule has 2 N–H and O–H groups in total. The normalized spacial score (nSPS) is 22.9. The van der Waals surface area contributed by atoms with Gasteiger partial charge in [-0.1, -0.05) is 6.07 Å². The smallest absolute Gasteiger partial charge is 0.191 e. The zero-order valence-corrected chi connectivity index (χ0v) is 13.3. The van der Waals surface area contributed by atoms with E-state index in [9.17, 15) is 0 Å². The SMILES string of the molecule is CN=C(NCc1cccc(C)n1)NC1CCC(SC)C1. The highest BCUT2D eigenvalue weighted by atomic mass is 32.2. The summed E-state index contributed by atoms with van der Waals surface area (Å²) in [6.07, 6.45) is 5.96. The van der Waals surface area contributed by atoms with Crippen LogP contribution in [0, 0.1) is 6.92 Å². The van der Waals surface area contributed by atoms with Gasteiger partial charge in [0, 0.05) is 24.0 Å².